The van der Waals surface area contributed by atoms with E-state index in [4.69, 9.17) is 11.6 Å². The van der Waals surface area contributed by atoms with Crippen LogP contribution in [0, 0.1) is 5.82 Å². The van der Waals surface area contributed by atoms with Crippen molar-refractivity contribution in [3.8, 4) is 0 Å². The Morgan fingerprint density at radius 2 is 1.53 bits per heavy atom. The van der Waals surface area contributed by atoms with Gasteiger partial charge in [0.1, 0.15) is 11.9 Å². The second-order valence-electron chi connectivity index (χ2n) is 7.13. The van der Waals surface area contributed by atoms with Crippen LogP contribution in [0.15, 0.2) is 48.5 Å². The quantitative estimate of drug-likeness (QED) is 0.809. The van der Waals surface area contributed by atoms with E-state index in [1.807, 2.05) is 0 Å². The lowest BCUT2D eigenvalue weighted by Crippen LogP contribution is -2.48. The molecule has 0 saturated carbocycles. The third kappa shape index (κ3) is 4.97. The SMILES string of the molecule is CC(NC(=O)c1ccccc1Cl)C(=O)N1CCCN(C(=O)c2ccccc2F)CC1. The largest absolute Gasteiger partial charge is 0.340 e. The number of nitrogens with zero attached hydrogens (tertiary/aromatic N) is 2. The van der Waals surface area contributed by atoms with Crippen molar-refractivity contribution < 1.29 is 18.8 Å². The number of benzene rings is 2. The Kier molecular flexibility index (Phi) is 7.05. The van der Waals surface area contributed by atoms with E-state index in [1.165, 1.54) is 18.2 Å². The van der Waals surface area contributed by atoms with Crippen LogP contribution in [0.3, 0.4) is 0 Å². The maximum absolute atomic E-state index is 13.9. The van der Waals surface area contributed by atoms with Crippen molar-refractivity contribution in [1.82, 2.24) is 15.1 Å². The van der Waals surface area contributed by atoms with Crippen molar-refractivity contribution in [3.63, 3.8) is 0 Å². The van der Waals surface area contributed by atoms with Crippen LogP contribution in [0.4, 0.5) is 4.39 Å². The average Bonchev–Trinajstić information content (AvgIpc) is 2.99. The molecule has 2 aromatic carbocycles. The van der Waals surface area contributed by atoms with Gasteiger partial charge in [0.05, 0.1) is 16.1 Å². The maximum atomic E-state index is 13.9. The topological polar surface area (TPSA) is 69.7 Å². The number of hydrogen-bond acceptors (Lipinski definition) is 3. The fourth-order valence-electron chi connectivity index (χ4n) is 3.40. The van der Waals surface area contributed by atoms with Crippen LogP contribution >= 0.6 is 11.6 Å². The number of halogens is 2. The van der Waals surface area contributed by atoms with E-state index in [-0.39, 0.29) is 17.4 Å². The predicted molar refractivity (Wildman–Crippen MR) is 112 cm³/mol. The molecule has 0 aliphatic carbocycles. The lowest BCUT2D eigenvalue weighted by atomic mass is 10.2. The summed E-state index contributed by atoms with van der Waals surface area (Å²) in [5.74, 6) is -1.61. The Morgan fingerprint density at radius 3 is 2.23 bits per heavy atom. The van der Waals surface area contributed by atoms with Crippen LogP contribution in [0.2, 0.25) is 5.02 Å². The van der Waals surface area contributed by atoms with Crippen LogP contribution in [0.25, 0.3) is 0 Å². The van der Waals surface area contributed by atoms with E-state index in [1.54, 1.807) is 47.1 Å². The van der Waals surface area contributed by atoms with Crippen molar-refractivity contribution in [2.75, 3.05) is 26.2 Å². The second-order valence-corrected chi connectivity index (χ2v) is 7.53. The van der Waals surface area contributed by atoms with Gasteiger partial charge in [-0.15, -0.1) is 0 Å². The summed E-state index contributed by atoms with van der Waals surface area (Å²) in [7, 11) is 0. The first-order chi connectivity index (χ1) is 14.4. The molecule has 1 aliphatic heterocycles. The monoisotopic (exact) mass is 431 g/mol. The summed E-state index contributed by atoms with van der Waals surface area (Å²) in [6.45, 7) is 3.10. The minimum absolute atomic E-state index is 0.0256. The van der Waals surface area contributed by atoms with Crippen molar-refractivity contribution in [1.29, 1.82) is 0 Å². The Morgan fingerprint density at radius 1 is 0.933 bits per heavy atom. The first-order valence-electron chi connectivity index (χ1n) is 9.76. The molecule has 1 N–H and O–H groups in total. The van der Waals surface area contributed by atoms with Crippen LogP contribution in [-0.2, 0) is 4.79 Å². The summed E-state index contributed by atoms with van der Waals surface area (Å²) in [6, 6.07) is 11.7. The summed E-state index contributed by atoms with van der Waals surface area (Å²) in [4.78, 5) is 41.0. The first kappa shape index (κ1) is 21.8. The van der Waals surface area contributed by atoms with Gasteiger partial charge in [0.25, 0.3) is 11.8 Å². The van der Waals surface area contributed by atoms with Gasteiger partial charge in [0, 0.05) is 26.2 Å². The highest BCUT2D eigenvalue weighted by atomic mass is 35.5. The van der Waals surface area contributed by atoms with E-state index < -0.39 is 17.8 Å². The Bertz CT molecular complexity index is 953. The van der Waals surface area contributed by atoms with Crippen molar-refractivity contribution >= 4 is 29.3 Å². The highest BCUT2D eigenvalue weighted by molar-refractivity contribution is 6.33. The Labute approximate surface area is 179 Å². The molecule has 0 aromatic heterocycles. The minimum atomic E-state index is -0.748. The zero-order chi connectivity index (χ0) is 21.7. The third-order valence-electron chi connectivity index (χ3n) is 5.04. The molecule has 2 aromatic rings. The normalized spacial score (nSPS) is 15.3. The summed E-state index contributed by atoms with van der Waals surface area (Å²) >= 11 is 6.04. The third-order valence-corrected chi connectivity index (χ3v) is 5.37. The molecule has 1 atom stereocenters. The average molecular weight is 432 g/mol. The summed E-state index contributed by atoms with van der Waals surface area (Å²) < 4.78 is 13.9. The molecule has 1 fully saturated rings. The molecule has 1 unspecified atom stereocenters. The van der Waals surface area contributed by atoms with Gasteiger partial charge in [0.2, 0.25) is 5.91 Å². The summed E-state index contributed by atoms with van der Waals surface area (Å²) in [6.07, 6.45) is 0.567. The molecule has 30 heavy (non-hydrogen) atoms. The highest BCUT2D eigenvalue weighted by Crippen LogP contribution is 2.16. The molecule has 1 heterocycles. The molecule has 1 aliphatic rings. The molecule has 8 heteroatoms. The maximum Gasteiger partial charge on any atom is 0.256 e. The molecule has 6 nitrogen and oxygen atoms in total. The summed E-state index contributed by atoms with van der Waals surface area (Å²) in [5, 5.41) is 2.99. The minimum Gasteiger partial charge on any atom is -0.340 e. The molecular formula is C22H23ClFN3O3. The van der Waals surface area contributed by atoms with Gasteiger partial charge in [0.15, 0.2) is 0 Å². The molecule has 1 saturated heterocycles. The number of amides is 3. The van der Waals surface area contributed by atoms with Gasteiger partial charge in [-0.1, -0.05) is 35.9 Å². The van der Waals surface area contributed by atoms with Gasteiger partial charge in [-0.2, -0.15) is 0 Å². The Hall–Kier alpha value is -2.93. The van der Waals surface area contributed by atoms with Gasteiger partial charge in [-0.3, -0.25) is 14.4 Å². The van der Waals surface area contributed by atoms with Gasteiger partial charge < -0.3 is 15.1 Å². The van der Waals surface area contributed by atoms with Gasteiger partial charge in [-0.25, -0.2) is 4.39 Å². The molecule has 3 rings (SSSR count). The highest BCUT2D eigenvalue weighted by Gasteiger charge is 2.27. The number of nitrogens with one attached hydrogen (secondary N) is 1. The summed E-state index contributed by atoms with van der Waals surface area (Å²) in [5.41, 5.74) is 0.328. The second kappa shape index (κ2) is 9.71. The molecular weight excluding hydrogens is 409 g/mol. The van der Waals surface area contributed by atoms with Crippen molar-refractivity contribution in [2.45, 2.75) is 19.4 Å². The van der Waals surface area contributed by atoms with E-state index in [0.717, 1.165) is 0 Å². The lowest BCUT2D eigenvalue weighted by Gasteiger charge is -2.25. The number of carbonyl (C=O) groups excluding carboxylic acids is 3. The van der Waals surface area contributed by atoms with Gasteiger partial charge >= 0.3 is 0 Å². The van der Waals surface area contributed by atoms with Gasteiger partial charge in [-0.05, 0) is 37.6 Å². The van der Waals surface area contributed by atoms with Crippen molar-refractivity contribution in [2.24, 2.45) is 0 Å². The molecule has 0 spiro atoms. The number of hydrogen-bond donors (Lipinski definition) is 1. The lowest BCUT2D eigenvalue weighted by molar-refractivity contribution is -0.132. The first-order valence-corrected chi connectivity index (χ1v) is 10.1. The fourth-order valence-corrected chi connectivity index (χ4v) is 3.62. The van der Waals surface area contributed by atoms with Crippen LogP contribution < -0.4 is 5.32 Å². The van der Waals surface area contributed by atoms with Crippen molar-refractivity contribution in [3.05, 3.63) is 70.5 Å². The zero-order valence-corrected chi connectivity index (χ0v) is 17.4. The number of rotatable bonds is 4. The molecule has 158 valence electrons. The Balaban J connectivity index is 1.60. The van der Waals surface area contributed by atoms with E-state index in [2.05, 4.69) is 5.32 Å². The molecule has 0 radical (unpaired) electrons. The van der Waals surface area contributed by atoms with Crippen LogP contribution in [0.5, 0.6) is 0 Å². The standard InChI is InChI=1S/C22H23ClFN3O3/c1-15(25-20(28)16-7-2-4-9-18(16)23)21(29)26-11-6-12-27(14-13-26)22(30)17-8-3-5-10-19(17)24/h2-5,7-10,15H,6,11-14H2,1H3,(H,25,28). The fraction of sp³-hybridized carbons (Fsp3) is 0.318. The molecule has 0 bridgehead atoms. The smallest absolute Gasteiger partial charge is 0.256 e. The van der Waals surface area contributed by atoms with E-state index in [0.29, 0.717) is 43.2 Å². The van der Waals surface area contributed by atoms with Crippen LogP contribution in [-0.4, -0.2) is 59.7 Å². The predicted octanol–water partition coefficient (Wildman–Crippen LogP) is 2.97. The zero-order valence-electron chi connectivity index (χ0n) is 16.6. The number of carbonyl (C=O) groups is 3. The van der Waals surface area contributed by atoms with E-state index >= 15 is 0 Å². The van der Waals surface area contributed by atoms with Crippen LogP contribution in [0.1, 0.15) is 34.1 Å². The van der Waals surface area contributed by atoms with E-state index in [9.17, 15) is 18.8 Å². The molecule has 3 amide bonds.